The van der Waals surface area contributed by atoms with Crippen molar-refractivity contribution in [3.8, 4) is 0 Å². The fourth-order valence-electron chi connectivity index (χ4n) is 2.64. The maximum atomic E-state index is 12.5. The molecule has 2 aliphatic rings. The van der Waals surface area contributed by atoms with Crippen molar-refractivity contribution >= 4 is 11.8 Å². The first kappa shape index (κ1) is 16.3. The van der Waals surface area contributed by atoms with Crippen molar-refractivity contribution in [2.45, 2.75) is 58.5 Å². The number of hydrogen-bond acceptors (Lipinski definition) is 3. The molecule has 0 bridgehead atoms. The molecular formula is C16H28N2O3. The Morgan fingerprint density at radius 1 is 1.38 bits per heavy atom. The summed E-state index contributed by atoms with van der Waals surface area (Å²) in [4.78, 5) is 26.3. The summed E-state index contributed by atoms with van der Waals surface area (Å²) in [5, 5.41) is 2.86. The van der Waals surface area contributed by atoms with Gasteiger partial charge in [0.2, 0.25) is 11.8 Å². The molecule has 0 aromatic carbocycles. The van der Waals surface area contributed by atoms with E-state index in [0.717, 1.165) is 25.4 Å². The van der Waals surface area contributed by atoms with Crippen molar-refractivity contribution in [3.05, 3.63) is 0 Å². The minimum absolute atomic E-state index is 0.0428. The molecule has 5 nitrogen and oxygen atoms in total. The van der Waals surface area contributed by atoms with Gasteiger partial charge in [-0.15, -0.1) is 0 Å². The third kappa shape index (κ3) is 4.19. The molecule has 3 atom stereocenters. The fourth-order valence-corrected chi connectivity index (χ4v) is 2.64. The topological polar surface area (TPSA) is 58.6 Å². The fraction of sp³-hybridized carbons (Fsp3) is 0.875. The Morgan fingerprint density at radius 2 is 2.10 bits per heavy atom. The molecule has 5 heteroatoms. The van der Waals surface area contributed by atoms with Crippen LogP contribution in [0.3, 0.4) is 0 Å². The number of rotatable bonds is 8. The quantitative estimate of drug-likeness (QED) is 0.692. The summed E-state index contributed by atoms with van der Waals surface area (Å²) < 4.78 is 5.60. The number of ether oxygens (including phenoxy) is 1. The molecule has 2 rings (SSSR count). The van der Waals surface area contributed by atoms with Gasteiger partial charge in [0.1, 0.15) is 12.1 Å². The molecule has 1 aliphatic heterocycles. The van der Waals surface area contributed by atoms with Crippen LogP contribution in [0.15, 0.2) is 0 Å². The van der Waals surface area contributed by atoms with Gasteiger partial charge in [-0.25, -0.2) is 0 Å². The van der Waals surface area contributed by atoms with E-state index in [4.69, 9.17) is 4.74 Å². The van der Waals surface area contributed by atoms with E-state index in [-0.39, 0.29) is 29.8 Å². The van der Waals surface area contributed by atoms with Gasteiger partial charge in [0, 0.05) is 19.8 Å². The average molecular weight is 296 g/mol. The highest BCUT2D eigenvalue weighted by atomic mass is 16.5. The largest absolute Gasteiger partial charge is 0.381 e. The van der Waals surface area contributed by atoms with Crippen LogP contribution < -0.4 is 5.32 Å². The predicted octanol–water partition coefficient (Wildman–Crippen LogP) is 1.56. The first-order valence-electron chi connectivity index (χ1n) is 8.23. The van der Waals surface area contributed by atoms with Gasteiger partial charge in [0.25, 0.3) is 0 Å². The van der Waals surface area contributed by atoms with Gasteiger partial charge in [-0.05, 0) is 38.0 Å². The van der Waals surface area contributed by atoms with Gasteiger partial charge in [0.05, 0.1) is 0 Å². The lowest BCUT2D eigenvalue weighted by Crippen LogP contribution is -2.64. The van der Waals surface area contributed by atoms with Crippen molar-refractivity contribution in [3.63, 3.8) is 0 Å². The number of nitrogens with one attached hydrogen (secondary N) is 1. The van der Waals surface area contributed by atoms with Crippen LogP contribution >= 0.6 is 0 Å². The molecule has 0 spiro atoms. The molecule has 21 heavy (non-hydrogen) atoms. The Kier molecular flexibility index (Phi) is 5.62. The zero-order chi connectivity index (χ0) is 15.4. The molecule has 1 N–H and O–H groups in total. The van der Waals surface area contributed by atoms with E-state index in [2.05, 4.69) is 5.32 Å². The molecule has 3 unspecified atom stereocenters. The van der Waals surface area contributed by atoms with Crippen LogP contribution in [0.25, 0.3) is 0 Å². The van der Waals surface area contributed by atoms with Crippen molar-refractivity contribution < 1.29 is 14.3 Å². The summed E-state index contributed by atoms with van der Waals surface area (Å²) in [6, 6.07) is -0.743. The molecule has 120 valence electrons. The average Bonchev–Trinajstić information content (AvgIpc) is 3.29. The predicted molar refractivity (Wildman–Crippen MR) is 80.7 cm³/mol. The van der Waals surface area contributed by atoms with Crippen LogP contribution in [0.5, 0.6) is 0 Å². The summed E-state index contributed by atoms with van der Waals surface area (Å²) in [6.45, 7) is 7.96. The Morgan fingerprint density at radius 3 is 2.71 bits per heavy atom. The number of carbonyl (C=O) groups is 2. The molecule has 2 amide bonds. The molecule has 0 aromatic heterocycles. The summed E-state index contributed by atoms with van der Waals surface area (Å²) in [6.07, 6.45) is 4.25. The monoisotopic (exact) mass is 296 g/mol. The summed E-state index contributed by atoms with van der Waals surface area (Å²) >= 11 is 0. The minimum Gasteiger partial charge on any atom is -0.381 e. The van der Waals surface area contributed by atoms with E-state index < -0.39 is 0 Å². The van der Waals surface area contributed by atoms with E-state index >= 15 is 0 Å². The Bertz CT molecular complexity index is 382. The second-order valence-electron chi connectivity index (χ2n) is 6.45. The lowest BCUT2D eigenvalue weighted by atomic mass is 9.94. The van der Waals surface area contributed by atoms with Crippen LogP contribution in [0, 0.1) is 11.8 Å². The number of carbonyl (C=O) groups excluding carboxylic acids is 2. The van der Waals surface area contributed by atoms with E-state index in [1.54, 1.807) is 11.8 Å². The molecule has 0 aromatic rings. The van der Waals surface area contributed by atoms with E-state index in [9.17, 15) is 9.59 Å². The second-order valence-corrected chi connectivity index (χ2v) is 6.45. The number of piperazine rings is 1. The molecule has 2 fully saturated rings. The van der Waals surface area contributed by atoms with E-state index in [0.29, 0.717) is 13.2 Å². The van der Waals surface area contributed by atoms with Gasteiger partial charge in [0.15, 0.2) is 0 Å². The zero-order valence-electron chi connectivity index (χ0n) is 13.4. The third-order valence-electron chi connectivity index (χ3n) is 4.64. The van der Waals surface area contributed by atoms with E-state index in [1.165, 1.54) is 12.8 Å². The number of hydrogen-bond donors (Lipinski definition) is 1. The normalized spacial score (nSPS) is 27.7. The lowest BCUT2D eigenvalue weighted by Gasteiger charge is -2.39. The van der Waals surface area contributed by atoms with Crippen LogP contribution in [0.2, 0.25) is 0 Å². The maximum Gasteiger partial charge on any atom is 0.246 e. The highest BCUT2D eigenvalue weighted by Crippen LogP contribution is 2.28. The Labute approximate surface area is 127 Å². The zero-order valence-corrected chi connectivity index (χ0v) is 13.4. The molecule has 1 saturated carbocycles. The molecule has 1 aliphatic carbocycles. The molecule has 1 saturated heterocycles. The molecule has 1 heterocycles. The Hall–Kier alpha value is -1.10. The summed E-state index contributed by atoms with van der Waals surface area (Å²) in [7, 11) is 0. The van der Waals surface area contributed by atoms with Crippen molar-refractivity contribution in [1.82, 2.24) is 10.2 Å². The second kappa shape index (κ2) is 7.25. The van der Waals surface area contributed by atoms with E-state index in [1.807, 2.05) is 13.8 Å². The number of amides is 2. The minimum atomic E-state index is -0.374. The lowest BCUT2D eigenvalue weighted by molar-refractivity contribution is -0.150. The maximum absolute atomic E-state index is 12.5. The summed E-state index contributed by atoms with van der Waals surface area (Å²) in [5.41, 5.74) is 0. The first-order chi connectivity index (χ1) is 10.0. The summed E-state index contributed by atoms with van der Waals surface area (Å²) in [5.74, 6) is 0.945. The van der Waals surface area contributed by atoms with Gasteiger partial charge in [-0.1, -0.05) is 20.3 Å². The van der Waals surface area contributed by atoms with Crippen molar-refractivity contribution in [2.75, 3.05) is 19.8 Å². The van der Waals surface area contributed by atoms with Gasteiger partial charge in [-0.3, -0.25) is 9.59 Å². The van der Waals surface area contributed by atoms with Crippen molar-refractivity contribution in [1.29, 1.82) is 0 Å². The van der Waals surface area contributed by atoms with Gasteiger partial charge < -0.3 is 15.0 Å². The van der Waals surface area contributed by atoms with Gasteiger partial charge in [-0.2, -0.15) is 0 Å². The van der Waals surface area contributed by atoms with Gasteiger partial charge >= 0.3 is 0 Å². The standard InChI is InChI=1S/C16H28N2O3/c1-4-11(2)14-16(20)18(12(3)15(19)17-14)8-5-9-21-10-13-6-7-13/h11-14H,4-10H2,1-3H3,(H,17,19). The Balaban J connectivity index is 1.82. The van der Waals surface area contributed by atoms with Crippen LogP contribution in [0.1, 0.15) is 46.5 Å². The highest BCUT2D eigenvalue weighted by molar-refractivity contribution is 5.96. The SMILES string of the molecule is CCC(C)C1NC(=O)C(C)N(CCCOCC2CC2)C1=O. The van der Waals surface area contributed by atoms with Crippen LogP contribution in [-0.4, -0.2) is 48.6 Å². The molecule has 0 radical (unpaired) electrons. The van der Waals surface area contributed by atoms with Crippen LogP contribution in [-0.2, 0) is 14.3 Å². The number of nitrogens with zero attached hydrogens (tertiary/aromatic N) is 1. The highest BCUT2D eigenvalue weighted by Gasteiger charge is 2.39. The first-order valence-corrected chi connectivity index (χ1v) is 8.23. The van der Waals surface area contributed by atoms with Crippen molar-refractivity contribution in [2.24, 2.45) is 11.8 Å². The van der Waals surface area contributed by atoms with Crippen LogP contribution in [0.4, 0.5) is 0 Å². The smallest absolute Gasteiger partial charge is 0.246 e. The molecular weight excluding hydrogens is 268 g/mol. The third-order valence-corrected chi connectivity index (χ3v) is 4.64.